The predicted octanol–water partition coefficient (Wildman–Crippen LogP) is 3.26. The minimum Gasteiger partial charge on any atom is -0.443 e. The molecular formula is C23H22N2O3. The third-order valence-corrected chi connectivity index (χ3v) is 6.86. The number of aryl methyl sites for hydroxylation is 1. The summed E-state index contributed by atoms with van der Waals surface area (Å²) in [6, 6.07) is 17.1. The molecule has 2 aromatic rings. The lowest BCUT2D eigenvalue weighted by Gasteiger charge is -2.39. The van der Waals surface area contributed by atoms with Gasteiger partial charge in [-0.1, -0.05) is 48.5 Å². The van der Waals surface area contributed by atoms with E-state index in [0.717, 1.165) is 37.9 Å². The van der Waals surface area contributed by atoms with Gasteiger partial charge in [0.2, 0.25) is 5.60 Å². The van der Waals surface area contributed by atoms with Gasteiger partial charge in [-0.3, -0.25) is 4.79 Å². The summed E-state index contributed by atoms with van der Waals surface area (Å²) in [6.07, 6.45) is 3.29. The van der Waals surface area contributed by atoms with Crippen molar-refractivity contribution in [1.82, 2.24) is 4.90 Å². The average Bonchev–Trinajstić information content (AvgIpc) is 3.40. The maximum atomic E-state index is 12.9. The van der Waals surface area contributed by atoms with Crippen molar-refractivity contribution in [3.8, 4) is 0 Å². The second-order valence-corrected chi connectivity index (χ2v) is 8.21. The molecule has 0 saturated carbocycles. The van der Waals surface area contributed by atoms with E-state index in [9.17, 15) is 4.79 Å². The van der Waals surface area contributed by atoms with Gasteiger partial charge >= 0.3 is 0 Å². The van der Waals surface area contributed by atoms with Crippen molar-refractivity contribution in [2.75, 3.05) is 13.1 Å². The molecule has 4 aliphatic rings. The van der Waals surface area contributed by atoms with Crippen LogP contribution in [0.25, 0.3) is 0 Å². The minimum absolute atomic E-state index is 0.157. The first-order chi connectivity index (χ1) is 13.7. The molecule has 5 nitrogen and oxygen atoms in total. The number of hydrogen-bond acceptors (Lipinski definition) is 4. The van der Waals surface area contributed by atoms with Gasteiger partial charge in [-0.25, -0.2) is 0 Å². The summed E-state index contributed by atoms with van der Waals surface area (Å²) in [5.41, 5.74) is 3.69. The molecule has 1 amide bonds. The number of rotatable bonds is 0. The zero-order chi connectivity index (χ0) is 18.8. The van der Waals surface area contributed by atoms with E-state index in [2.05, 4.69) is 40.2 Å². The van der Waals surface area contributed by atoms with E-state index in [4.69, 9.17) is 9.47 Å². The Morgan fingerprint density at radius 1 is 0.893 bits per heavy atom. The monoisotopic (exact) mass is 374 g/mol. The minimum atomic E-state index is -0.905. The Balaban J connectivity index is 1.23. The first-order valence-electron chi connectivity index (χ1n) is 10.1. The predicted molar refractivity (Wildman–Crippen MR) is 104 cm³/mol. The molecule has 5 heteroatoms. The van der Waals surface area contributed by atoms with Crippen LogP contribution in [0, 0.1) is 0 Å². The lowest BCUT2D eigenvalue weighted by atomic mass is 9.84. The van der Waals surface area contributed by atoms with Gasteiger partial charge in [0.15, 0.2) is 0 Å². The maximum absolute atomic E-state index is 12.9. The normalized spacial score (nSPS) is 27.1. The molecule has 142 valence electrons. The molecule has 0 radical (unpaired) electrons. The van der Waals surface area contributed by atoms with E-state index in [-0.39, 0.29) is 11.5 Å². The summed E-state index contributed by atoms with van der Waals surface area (Å²) < 4.78 is 12.5. The molecule has 1 saturated heterocycles. The molecule has 2 spiro atoms. The van der Waals surface area contributed by atoms with Crippen molar-refractivity contribution >= 4 is 11.9 Å². The molecule has 3 heterocycles. The van der Waals surface area contributed by atoms with Crippen LogP contribution >= 0.6 is 0 Å². The molecule has 0 bridgehead atoms. The summed E-state index contributed by atoms with van der Waals surface area (Å²) in [7, 11) is 0. The fourth-order valence-corrected chi connectivity index (χ4v) is 5.30. The van der Waals surface area contributed by atoms with Crippen LogP contribution in [0.5, 0.6) is 0 Å². The Morgan fingerprint density at radius 2 is 1.61 bits per heavy atom. The number of aliphatic imine (C=N–C) groups is 1. The Labute approximate surface area is 164 Å². The first-order valence-corrected chi connectivity index (χ1v) is 10.1. The number of benzene rings is 2. The highest BCUT2D eigenvalue weighted by atomic mass is 16.5. The van der Waals surface area contributed by atoms with Crippen LogP contribution < -0.4 is 0 Å². The molecule has 1 aliphatic carbocycles. The number of ether oxygens (including phenoxy) is 2. The van der Waals surface area contributed by atoms with E-state index in [1.807, 2.05) is 18.2 Å². The van der Waals surface area contributed by atoms with Crippen LogP contribution in [0.1, 0.15) is 41.5 Å². The largest absolute Gasteiger partial charge is 0.443 e. The van der Waals surface area contributed by atoms with Crippen LogP contribution in [0.15, 0.2) is 53.5 Å². The first kappa shape index (κ1) is 16.3. The molecule has 3 aliphatic heterocycles. The number of nitrogens with zero attached hydrogens (tertiary/aromatic N) is 2. The maximum Gasteiger partial charge on any atom is 0.299 e. The highest BCUT2D eigenvalue weighted by molar-refractivity contribution is 6.02. The van der Waals surface area contributed by atoms with Crippen molar-refractivity contribution in [2.45, 2.75) is 43.5 Å². The number of fused-ring (bicyclic) bond motifs is 4. The van der Waals surface area contributed by atoms with E-state index in [1.54, 1.807) is 0 Å². The number of amides is 1. The number of hydrogen-bond donors (Lipinski definition) is 0. The Hall–Kier alpha value is -2.66. The second kappa shape index (κ2) is 5.67. The SMILES string of the molecule is O=C1N=C(N2CCC3(CC2)OCc2ccccc23)O[C@]12CCc1ccccc12. The van der Waals surface area contributed by atoms with Gasteiger partial charge in [-0.2, -0.15) is 4.99 Å². The van der Waals surface area contributed by atoms with E-state index >= 15 is 0 Å². The van der Waals surface area contributed by atoms with Gasteiger partial charge in [0.05, 0.1) is 12.2 Å². The van der Waals surface area contributed by atoms with Gasteiger partial charge < -0.3 is 14.4 Å². The number of carbonyl (C=O) groups excluding carboxylic acids is 1. The zero-order valence-corrected chi connectivity index (χ0v) is 15.7. The van der Waals surface area contributed by atoms with Crippen molar-refractivity contribution in [3.63, 3.8) is 0 Å². The molecule has 0 aromatic heterocycles. The van der Waals surface area contributed by atoms with Crippen molar-refractivity contribution in [2.24, 2.45) is 4.99 Å². The molecule has 1 atom stereocenters. The summed E-state index contributed by atoms with van der Waals surface area (Å²) in [6.45, 7) is 2.24. The van der Waals surface area contributed by atoms with Crippen LogP contribution in [-0.4, -0.2) is 29.9 Å². The third kappa shape index (κ3) is 2.11. The summed E-state index contributed by atoms with van der Waals surface area (Å²) in [4.78, 5) is 19.3. The van der Waals surface area contributed by atoms with E-state index in [1.165, 1.54) is 16.7 Å². The molecule has 28 heavy (non-hydrogen) atoms. The van der Waals surface area contributed by atoms with Crippen LogP contribution in [0.4, 0.5) is 0 Å². The molecule has 1 fully saturated rings. The van der Waals surface area contributed by atoms with Gasteiger partial charge in [0.1, 0.15) is 0 Å². The fourth-order valence-electron chi connectivity index (χ4n) is 5.30. The van der Waals surface area contributed by atoms with Crippen molar-refractivity contribution in [3.05, 3.63) is 70.8 Å². The standard InChI is InChI=1S/C23H22N2O3/c26-20-23(10-9-16-5-1-4-8-19(16)23)28-21(24-20)25-13-11-22(12-14-25)18-7-3-2-6-17(18)15-27-22/h1-8H,9-15H2/t23-/m0/s1. The summed E-state index contributed by atoms with van der Waals surface area (Å²) in [5, 5.41) is 0. The molecule has 0 unspecified atom stereocenters. The number of carbonyl (C=O) groups is 1. The smallest absolute Gasteiger partial charge is 0.299 e. The van der Waals surface area contributed by atoms with Crippen LogP contribution in [0.2, 0.25) is 0 Å². The number of amidine groups is 1. The Kier molecular flexibility index (Phi) is 3.30. The average molecular weight is 374 g/mol. The zero-order valence-electron chi connectivity index (χ0n) is 15.7. The van der Waals surface area contributed by atoms with Crippen molar-refractivity contribution < 1.29 is 14.3 Å². The summed E-state index contributed by atoms with van der Waals surface area (Å²) in [5.74, 6) is -0.157. The van der Waals surface area contributed by atoms with Gasteiger partial charge in [-0.15, -0.1) is 0 Å². The highest BCUT2D eigenvalue weighted by Gasteiger charge is 2.54. The number of piperidine rings is 1. The van der Waals surface area contributed by atoms with E-state index < -0.39 is 5.60 Å². The summed E-state index contributed by atoms with van der Waals surface area (Å²) >= 11 is 0. The van der Waals surface area contributed by atoms with Crippen LogP contribution in [-0.2, 0) is 38.5 Å². The fraction of sp³-hybridized carbons (Fsp3) is 0.391. The second-order valence-electron chi connectivity index (χ2n) is 8.21. The lowest BCUT2D eigenvalue weighted by Crippen LogP contribution is -2.46. The van der Waals surface area contributed by atoms with Crippen molar-refractivity contribution in [1.29, 1.82) is 0 Å². The van der Waals surface area contributed by atoms with Gasteiger partial charge in [-0.05, 0) is 36.0 Å². The third-order valence-electron chi connectivity index (χ3n) is 6.86. The van der Waals surface area contributed by atoms with Gasteiger partial charge in [0, 0.05) is 25.1 Å². The molecule has 2 aromatic carbocycles. The quantitative estimate of drug-likeness (QED) is 0.710. The highest BCUT2D eigenvalue weighted by Crippen LogP contribution is 2.47. The topological polar surface area (TPSA) is 51.1 Å². The Bertz CT molecular complexity index is 1010. The molecular weight excluding hydrogens is 352 g/mol. The lowest BCUT2D eigenvalue weighted by molar-refractivity contribution is -0.132. The Morgan fingerprint density at radius 3 is 2.43 bits per heavy atom. The van der Waals surface area contributed by atoms with Crippen LogP contribution in [0.3, 0.4) is 0 Å². The molecule has 0 N–H and O–H groups in total. The number of likely N-dealkylation sites (tertiary alicyclic amines) is 1. The van der Waals surface area contributed by atoms with Gasteiger partial charge in [0.25, 0.3) is 11.9 Å². The molecule has 6 rings (SSSR count). The van der Waals surface area contributed by atoms with E-state index in [0.29, 0.717) is 19.0 Å².